The SMILES string of the molecule is O=C1CC(c2ccccc2)c2ccccc21.c1ccc(-c2ccc3ccccc3c2)cc1. The van der Waals surface area contributed by atoms with Crippen molar-refractivity contribution in [1.82, 2.24) is 0 Å². The zero-order valence-corrected chi connectivity index (χ0v) is 17.8. The molecule has 0 radical (unpaired) electrons. The largest absolute Gasteiger partial charge is 0.294 e. The average molecular weight is 413 g/mol. The summed E-state index contributed by atoms with van der Waals surface area (Å²) in [6.07, 6.45) is 0.614. The van der Waals surface area contributed by atoms with Crippen LogP contribution in [0.15, 0.2) is 127 Å². The molecule has 0 aromatic heterocycles. The molecule has 5 aromatic rings. The maximum absolute atomic E-state index is 11.8. The number of hydrogen-bond acceptors (Lipinski definition) is 1. The summed E-state index contributed by atoms with van der Waals surface area (Å²) in [5.74, 6) is 0.523. The van der Waals surface area contributed by atoms with Gasteiger partial charge in [0.05, 0.1) is 0 Å². The molecule has 1 aliphatic rings. The number of fused-ring (bicyclic) bond motifs is 2. The maximum Gasteiger partial charge on any atom is 0.164 e. The van der Waals surface area contributed by atoms with Crippen molar-refractivity contribution < 1.29 is 4.79 Å². The molecule has 0 amide bonds. The third kappa shape index (κ3) is 4.10. The lowest BCUT2D eigenvalue weighted by Crippen LogP contribution is -1.95. The Morgan fingerprint density at radius 1 is 0.531 bits per heavy atom. The molecule has 1 nitrogen and oxygen atoms in total. The Bertz CT molecular complexity index is 1350. The highest BCUT2D eigenvalue weighted by Crippen LogP contribution is 2.37. The Morgan fingerprint density at radius 2 is 1.16 bits per heavy atom. The number of ketones is 1. The Balaban J connectivity index is 0.000000135. The fourth-order valence-electron chi connectivity index (χ4n) is 4.44. The second-order valence-electron chi connectivity index (χ2n) is 8.11. The van der Waals surface area contributed by atoms with Crippen molar-refractivity contribution in [1.29, 1.82) is 0 Å². The molecule has 1 atom stereocenters. The van der Waals surface area contributed by atoms with E-state index in [9.17, 15) is 4.79 Å². The maximum atomic E-state index is 11.8. The molecule has 0 bridgehead atoms. The summed E-state index contributed by atoms with van der Waals surface area (Å²) in [6, 6.07) is 43.7. The van der Waals surface area contributed by atoms with Gasteiger partial charge in [0, 0.05) is 17.9 Å². The zero-order chi connectivity index (χ0) is 21.8. The van der Waals surface area contributed by atoms with Gasteiger partial charge >= 0.3 is 0 Å². The Morgan fingerprint density at radius 3 is 1.94 bits per heavy atom. The molecule has 5 aromatic carbocycles. The Labute approximate surface area is 189 Å². The molecule has 0 saturated heterocycles. The molecular weight excluding hydrogens is 388 g/mol. The first-order valence-corrected chi connectivity index (χ1v) is 11.0. The van der Waals surface area contributed by atoms with Crippen molar-refractivity contribution >= 4 is 16.6 Å². The molecule has 0 heterocycles. The summed E-state index contributed by atoms with van der Waals surface area (Å²) < 4.78 is 0. The van der Waals surface area contributed by atoms with Gasteiger partial charge in [0.15, 0.2) is 5.78 Å². The second kappa shape index (κ2) is 9.03. The van der Waals surface area contributed by atoms with Gasteiger partial charge in [-0.25, -0.2) is 0 Å². The molecule has 0 spiro atoms. The van der Waals surface area contributed by atoms with E-state index in [4.69, 9.17) is 0 Å². The molecule has 0 aliphatic heterocycles. The van der Waals surface area contributed by atoms with Gasteiger partial charge in [-0.05, 0) is 39.1 Å². The van der Waals surface area contributed by atoms with Crippen molar-refractivity contribution in [3.05, 3.63) is 144 Å². The van der Waals surface area contributed by atoms with Crippen molar-refractivity contribution in [3.63, 3.8) is 0 Å². The Hall–Kier alpha value is -3.97. The van der Waals surface area contributed by atoms with Crippen LogP contribution >= 0.6 is 0 Å². The van der Waals surface area contributed by atoms with Crippen LogP contribution in [0.2, 0.25) is 0 Å². The van der Waals surface area contributed by atoms with E-state index in [1.807, 2.05) is 42.5 Å². The van der Waals surface area contributed by atoms with Gasteiger partial charge < -0.3 is 0 Å². The lowest BCUT2D eigenvalue weighted by Gasteiger charge is -2.10. The highest BCUT2D eigenvalue weighted by atomic mass is 16.1. The van der Waals surface area contributed by atoms with Crippen LogP contribution in [0, 0.1) is 0 Å². The molecule has 6 rings (SSSR count). The average Bonchev–Trinajstić information content (AvgIpc) is 3.22. The van der Waals surface area contributed by atoms with Crippen LogP contribution in [0.25, 0.3) is 21.9 Å². The highest BCUT2D eigenvalue weighted by molar-refractivity contribution is 6.01. The third-order valence-corrected chi connectivity index (χ3v) is 6.08. The fraction of sp³-hybridized carbons (Fsp3) is 0.0645. The second-order valence-corrected chi connectivity index (χ2v) is 8.11. The molecule has 0 N–H and O–H groups in total. The number of rotatable bonds is 2. The van der Waals surface area contributed by atoms with Crippen LogP contribution < -0.4 is 0 Å². The summed E-state index contributed by atoms with van der Waals surface area (Å²) >= 11 is 0. The first kappa shape index (κ1) is 20.0. The zero-order valence-electron chi connectivity index (χ0n) is 17.8. The topological polar surface area (TPSA) is 17.1 Å². The van der Waals surface area contributed by atoms with E-state index in [-0.39, 0.29) is 11.7 Å². The number of hydrogen-bond donors (Lipinski definition) is 0. The van der Waals surface area contributed by atoms with E-state index in [1.54, 1.807) is 0 Å². The third-order valence-electron chi connectivity index (χ3n) is 6.08. The van der Waals surface area contributed by atoms with Gasteiger partial charge in [-0.15, -0.1) is 0 Å². The van der Waals surface area contributed by atoms with Crippen molar-refractivity contribution in [2.24, 2.45) is 0 Å². The van der Waals surface area contributed by atoms with Gasteiger partial charge in [0.25, 0.3) is 0 Å². The predicted octanol–water partition coefficient (Wildman–Crippen LogP) is 7.91. The van der Waals surface area contributed by atoms with Gasteiger partial charge in [-0.2, -0.15) is 0 Å². The first-order valence-electron chi connectivity index (χ1n) is 11.0. The van der Waals surface area contributed by atoms with E-state index in [1.165, 1.54) is 33.0 Å². The lowest BCUT2D eigenvalue weighted by atomic mass is 9.93. The number of Topliss-reactive ketones (excluding diaryl/α,β-unsaturated/α-hetero) is 1. The summed E-state index contributed by atoms with van der Waals surface area (Å²) in [5.41, 5.74) is 5.86. The van der Waals surface area contributed by atoms with Crippen molar-refractivity contribution in [2.45, 2.75) is 12.3 Å². The van der Waals surface area contributed by atoms with E-state index >= 15 is 0 Å². The molecule has 0 saturated carbocycles. The van der Waals surface area contributed by atoms with E-state index < -0.39 is 0 Å². The molecular formula is C31H24O. The molecule has 0 fully saturated rings. The Kier molecular flexibility index (Phi) is 5.63. The number of carbonyl (C=O) groups excluding carboxylic acids is 1. The van der Waals surface area contributed by atoms with Gasteiger partial charge in [0.2, 0.25) is 0 Å². The standard InChI is InChI=1S/C16H12.C15H12O/c1-2-6-13(7-3-1)16-11-10-14-8-4-5-9-15(14)12-16;16-15-10-14(11-6-2-1-3-7-11)12-8-4-5-9-13(12)15/h1-12H;1-9,14H,10H2. The van der Waals surface area contributed by atoms with Gasteiger partial charge in [0.1, 0.15) is 0 Å². The van der Waals surface area contributed by atoms with Crippen LogP contribution in [0.4, 0.5) is 0 Å². The van der Waals surface area contributed by atoms with Crippen LogP contribution in [0.5, 0.6) is 0 Å². The normalized spacial score (nSPS) is 14.5. The van der Waals surface area contributed by atoms with E-state index in [0.29, 0.717) is 6.42 Å². The first-order chi connectivity index (χ1) is 15.8. The highest BCUT2D eigenvalue weighted by Gasteiger charge is 2.29. The molecule has 154 valence electrons. The van der Waals surface area contributed by atoms with Crippen molar-refractivity contribution in [2.75, 3.05) is 0 Å². The lowest BCUT2D eigenvalue weighted by molar-refractivity contribution is 0.0991. The van der Waals surface area contributed by atoms with Crippen LogP contribution in [0.3, 0.4) is 0 Å². The van der Waals surface area contributed by atoms with E-state index in [2.05, 4.69) is 84.9 Å². The minimum atomic E-state index is 0.255. The molecule has 1 heteroatoms. The summed E-state index contributed by atoms with van der Waals surface area (Å²) in [7, 11) is 0. The van der Waals surface area contributed by atoms with Crippen LogP contribution in [-0.2, 0) is 0 Å². The minimum absolute atomic E-state index is 0.255. The predicted molar refractivity (Wildman–Crippen MR) is 133 cm³/mol. The van der Waals surface area contributed by atoms with Crippen LogP contribution in [-0.4, -0.2) is 5.78 Å². The van der Waals surface area contributed by atoms with Crippen LogP contribution in [0.1, 0.15) is 33.8 Å². The monoisotopic (exact) mass is 412 g/mol. The molecule has 32 heavy (non-hydrogen) atoms. The number of benzene rings is 5. The fourth-order valence-corrected chi connectivity index (χ4v) is 4.44. The molecule has 1 unspecified atom stereocenters. The summed E-state index contributed by atoms with van der Waals surface area (Å²) in [6.45, 7) is 0. The van der Waals surface area contributed by atoms with E-state index in [0.717, 1.165) is 5.56 Å². The quantitative estimate of drug-likeness (QED) is 0.288. The minimum Gasteiger partial charge on any atom is -0.294 e. The van der Waals surface area contributed by atoms with Gasteiger partial charge in [-0.3, -0.25) is 4.79 Å². The molecule has 1 aliphatic carbocycles. The summed E-state index contributed by atoms with van der Waals surface area (Å²) in [5, 5.41) is 2.59. The van der Waals surface area contributed by atoms with Crippen molar-refractivity contribution in [3.8, 4) is 11.1 Å². The smallest absolute Gasteiger partial charge is 0.164 e. The van der Waals surface area contributed by atoms with Gasteiger partial charge in [-0.1, -0.05) is 121 Å². The summed E-state index contributed by atoms with van der Waals surface area (Å²) in [4.78, 5) is 11.8. The number of carbonyl (C=O) groups is 1.